The normalized spacial score (nSPS) is 14.9. The van der Waals surface area contributed by atoms with E-state index in [1.165, 1.54) is 6.92 Å². The molecule has 0 aliphatic heterocycles. The summed E-state index contributed by atoms with van der Waals surface area (Å²) in [7, 11) is 0. The van der Waals surface area contributed by atoms with Gasteiger partial charge in [0.15, 0.2) is 0 Å². The van der Waals surface area contributed by atoms with Crippen LogP contribution in [0, 0.1) is 0 Å². The summed E-state index contributed by atoms with van der Waals surface area (Å²) >= 11 is 0. The number of hydrogen-bond donors (Lipinski definition) is 8. The highest BCUT2D eigenvalue weighted by molar-refractivity contribution is 5.97. The van der Waals surface area contributed by atoms with Crippen LogP contribution in [0.1, 0.15) is 25.3 Å². The molecule has 0 aliphatic rings. The number of aliphatic carboxylic acids is 1. The topological polar surface area (TPSA) is 257 Å². The average Bonchev–Trinajstić information content (AvgIpc) is 2.75. The molecule has 1 rings (SSSR count). The van der Waals surface area contributed by atoms with E-state index in [4.69, 9.17) is 22.3 Å². The van der Waals surface area contributed by atoms with Crippen LogP contribution in [0.15, 0.2) is 30.3 Å². The summed E-state index contributed by atoms with van der Waals surface area (Å²) in [5.41, 5.74) is 16.7. The molecular formula is C21H30N6O8. The number of aliphatic hydroxyl groups excluding tert-OH is 1. The van der Waals surface area contributed by atoms with Gasteiger partial charge in [0.05, 0.1) is 25.0 Å². The molecule has 5 amide bonds. The lowest BCUT2D eigenvalue weighted by atomic mass is 10.0. The molecule has 0 fully saturated rings. The van der Waals surface area contributed by atoms with Gasteiger partial charge >= 0.3 is 5.97 Å². The average molecular weight is 495 g/mol. The lowest BCUT2D eigenvalue weighted by Gasteiger charge is -2.26. The molecule has 14 heteroatoms. The van der Waals surface area contributed by atoms with Crippen molar-refractivity contribution in [3.63, 3.8) is 0 Å². The first kappa shape index (κ1) is 29.0. The highest BCUT2D eigenvalue weighted by Crippen LogP contribution is 2.04. The number of rotatable bonds is 14. The highest BCUT2D eigenvalue weighted by atomic mass is 16.4. The molecule has 192 valence electrons. The van der Waals surface area contributed by atoms with Crippen LogP contribution in [0.25, 0.3) is 0 Å². The van der Waals surface area contributed by atoms with Crippen molar-refractivity contribution in [1.29, 1.82) is 0 Å². The number of carboxylic acids is 1. The maximum absolute atomic E-state index is 12.7. The molecule has 5 unspecified atom stereocenters. The zero-order valence-corrected chi connectivity index (χ0v) is 19.0. The van der Waals surface area contributed by atoms with Crippen LogP contribution in [-0.2, 0) is 35.2 Å². The predicted molar refractivity (Wildman–Crippen MR) is 121 cm³/mol. The Labute approximate surface area is 200 Å². The molecule has 0 spiro atoms. The molecule has 0 radical (unpaired) electrons. The minimum atomic E-state index is -1.73. The Morgan fingerprint density at radius 3 is 1.83 bits per heavy atom. The van der Waals surface area contributed by atoms with Crippen molar-refractivity contribution in [2.45, 2.75) is 56.5 Å². The molecule has 0 saturated heterocycles. The molecule has 11 N–H and O–H groups in total. The SMILES string of the molecule is CC(O)C(NC(=O)C(N)Cc1ccccc1)C(=O)NC(CC(N)=O)C(=O)NC(CC(N)=O)C(=O)O. The minimum Gasteiger partial charge on any atom is -0.480 e. The molecule has 0 aliphatic carbocycles. The van der Waals surface area contributed by atoms with E-state index < -0.39 is 78.6 Å². The Morgan fingerprint density at radius 1 is 0.829 bits per heavy atom. The van der Waals surface area contributed by atoms with Gasteiger partial charge in [-0.2, -0.15) is 0 Å². The molecule has 35 heavy (non-hydrogen) atoms. The largest absolute Gasteiger partial charge is 0.480 e. The van der Waals surface area contributed by atoms with Crippen molar-refractivity contribution < 1.29 is 39.0 Å². The number of amides is 5. The molecule has 0 bridgehead atoms. The third-order valence-corrected chi connectivity index (χ3v) is 4.76. The van der Waals surface area contributed by atoms with Crippen molar-refractivity contribution in [1.82, 2.24) is 16.0 Å². The smallest absolute Gasteiger partial charge is 0.326 e. The molecule has 1 aromatic rings. The van der Waals surface area contributed by atoms with Crippen molar-refractivity contribution in [3.8, 4) is 0 Å². The number of benzene rings is 1. The van der Waals surface area contributed by atoms with Crippen molar-refractivity contribution in [3.05, 3.63) is 35.9 Å². The van der Waals surface area contributed by atoms with Crippen molar-refractivity contribution in [2.24, 2.45) is 17.2 Å². The first-order valence-electron chi connectivity index (χ1n) is 10.5. The summed E-state index contributed by atoms with van der Waals surface area (Å²) < 4.78 is 0. The molecule has 0 saturated carbocycles. The fourth-order valence-corrected chi connectivity index (χ4v) is 2.97. The first-order chi connectivity index (χ1) is 16.3. The summed E-state index contributed by atoms with van der Waals surface area (Å²) in [6.07, 6.45) is -2.79. The van der Waals surface area contributed by atoms with E-state index in [1.54, 1.807) is 30.3 Å². The Balaban J connectivity index is 2.93. The maximum Gasteiger partial charge on any atom is 0.326 e. The van der Waals surface area contributed by atoms with Gasteiger partial charge in [-0.05, 0) is 18.9 Å². The number of nitrogens with two attached hydrogens (primary N) is 3. The number of hydrogen-bond acceptors (Lipinski definition) is 8. The van der Waals surface area contributed by atoms with E-state index in [-0.39, 0.29) is 6.42 Å². The molecule has 1 aromatic carbocycles. The third kappa shape index (κ3) is 10.2. The van der Waals surface area contributed by atoms with Gasteiger partial charge in [0, 0.05) is 0 Å². The van der Waals surface area contributed by atoms with Gasteiger partial charge < -0.3 is 43.4 Å². The van der Waals surface area contributed by atoms with Crippen LogP contribution >= 0.6 is 0 Å². The number of carbonyl (C=O) groups excluding carboxylic acids is 5. The zero-order chi connectivity index (χ0) is 26.7. The van der Waals surface area contributed by atoms with Gasteiger partial charge in [-0.15, -0.1) is 0 Å². The quantitative estimate of drug-likeness (QED) is 0.126. The number of carboxylic acid groups (broad SMARTS) is 1. The number of aliphatic hydroxyl groups is 1. The van der Waals surface area contributed by atoms with Crippen LogP contribution in [0.3, 0.4) is 0 Å². The van der Waals surface area contributed by atoms with Gasteiger partial charge in [-0.1, -0.05) is 30.3 Å². The van der Waals surface area contributed by atoms with E-state index in [9.17, 15) is 33.9 Å². The van der Waals surface area contributed by atoms with Crippen LogP contribution in [0.5, 0.6) is 0 Å². The fraction of sp³-hybridized carbons (Fsp3) is 0.429. The standard InChI is InChI=1S/C21H30N6O8/c1-10(28)17(27-18(31)12(22)7-11-5-3-2-4-6-11)20(33)25-13(8-15(23)29)19(32)26-14(21(34)35)9-16(24)30/h2-6,10,12-14,17,28H,7-9,22H2,1H3,(H2,23,29)(H2,24,30)(H,25,33)(H,26,32)(H,27,31)(H,34,35). The van der Waals surface area contributed by atoms with Crippen molar-refractivity contribution in [2.75, 3.05) is 0 Å². The monoisotopic (exact) mass is 494 g/mol. The molecule has 0 heterocycles. The van der Waals surface area contributed by atoms with Crippen LogP contribution < -0.4 is 33.2 Å². The van der Waals surface area contributed by atoms with Gasteiger partial charge in [-0.3, -0.25) is 24.0 Å². The van der Waals surface area contributed by atoms with E-state index in [2.05, 4.69) is 10.6 Å². The summed E-state index contributed by atoms with van der Waals surface area (Å²) in [6.45, 7) is 1.20. The second-order valence-electron chi connectivity index (χ2n) is 7.82. The molecule has 5 atom stereocenters. The van der Waals surface area contributed by atoms with E-state index in [0.717, 1.165) is 5.56 Å². The number of carbonyl (C=O) groups is 6. The second kappa shape index (κ2) is 13.6. The zero-order valence-electron chi connectivity index (χ0n) is 19.0. The summed E-state index contributed by atoms with van der Waals surface area (Å²) in [4.78, 5) is 71.5. The summed E-state index contributed by atoms with van der Waals surface area (Å²) in [5.74, 6) is -6.60. The summed E-state index contributed by atoms with van der Waals surface area (Å²) in [6, 6.07) is 2.76. The van der Waals surface area contributed by atoms with Crippen molar-refractivity contribution >= 4 is 35.5 Å². The second-order valence-corrected chi connectivity index (χ2v) is 7.82. The molecular weight excluding hydrogens is 464 g/mol. The highest BCUT2D eigenvalue weighted by Gasteiger charge is 2.33. The number of nitrogens with one attached hydrogen (secondary N) is 3. The predicted octanol–water partition coefficient (Wildman–Crippen LogP) is -3.77. The van der Waals surface area contributed by atoms with E-state index in [1.807, 2.05) is 5.32 Å². The van der Waals surface area contributed by atoms with E-state index in [0.29, 0.717) is 0 Å². The fourth-order valence-electron chi connectivity index (χ4n) is 2.97. The molecule has 0 aromatic heterocycles. The Hall–Kier alpha value is -4.04. The van der Waals surface area contributed by atoms with Crippen LogP contribution in [0.4, 0.5) is 0 Å². The van der Waals surface area contributed by atoms with Crippen LogP contribution in [-0.4, -0.2) is 76.0 Å². The van der Waals surface area contributed by atoms with Gasteiger partial charge in [0.25, 0.3) is 0 Å². The van der Waals surface area contributed by atoms with Gasteiger partial charge in [0.1, 0.15) is 18.1 Å². The maximum atomic E-state index is 12.7. The van der Waals surface area contributed by atoms with E-state index >= 15 is 0 Å². The van der Waals surface area contributed by atoms with Gasteiger partial charge in [-0.25, -0.2) is 4.79 Å². The van der Waals surface area contributed by atoms with Gasteiger partial charge in [0.2, 0.25) is 29.5 Å². The third-order valence-electron chi connectivity index (χ3n) is 4.76. The Bertz CT molecular complexity index is 939. The summed E-state index contributed by atoms with van der Waals surface area (Å²) in [5, 5.41) is 25.6. The Kier molecular flexibility index (Phi) is 11.3. The molecule has 14 nitrogen and oxygen atoms in total. The van der Waals surface area contributed by atoms with Crippen LogP contribution in [0.2, 0.25) is 0 Å². The minimum absolute atomic E-state index is 0.143. The first-order valence-corrected chi connectivity index (χ1v) is 10.5. The number of primary amides is 2. The lowest BCUT2D eigenvalue weighted by Crippen LogP contribution is -2.60. The Morgan fingerprint density at radius 2 is 1.34 bits per heavy atom. The lowest BCUT2D eigenvalue weighted by molar-refractivity contribution is -0.144.